The summed E-state index contributed by atoms with van der Waals surface area (Å²) in [6.07, 6.45) is 7.70. The van der Waals surface area contributed by atoms with Crippen LogP contribution < -0.4 is 0 Å². The van der Waals surface area contributed by atoms with Crippen LogP contribution in [0.25, 0.3) is 0 Å². The van der Waals surface area contributed by atoms with Gasteiger partial charge < -0.3 is 9.84 Å². The molecule has 2 aliphatic carbocycles. The molecule has 2 aliphatic rings. The highest BCUT2D eigenvalue weighted by atomic mass is 16.5. The van der Waals surface area contributed by atoms with Crippen LogP contribution in [0, 0.1) is 28.6 Å². The van der Waals surface area contributed by atoms with Crippen LogP contribution in [0.3, 0.4) is 0 Å². The summed E-state index contributed by atoms with van der Waals surface area (Å²) in [6.45, 7) is 11.9. The average Bonchev–Trinajstić information content (AvgIpc) is 2.44. The van der Waals surface area contributed by atoms with Crippen LogP contribution in [0.4, 0.5) is 0 Å². The van der Waals surface area contributed by atoms with E-state index in [2.05, 4.69) is 27.7 Å². The highest BCUT2D eigenvalue weighted by Crippen LogP contribution is 2.63. The fourth-order valence-electron chi connectivity index (χ4n) is 6.34. The molecule has 4 nitrogen and oxygen atoms in total. The molecule has 0 radical (unpaired) electrons. The van der Waals surface area contributed by atoms with Crippen molar-refractivity contribution in [2.75, 3.05) is 0 Å². The van der Waals surface area contributed by atoms with E-state index in [-0.39, 0.29) is 17.8 Å². The molecule has 2 saturated carbocycles. The molecule has 5 atom stereocenters. The Labute approximate surface area is 152 Å². The van der Waals surface area contributed by atoms with Crippen molar-refractivity contribution in [1.29, 1.82) is 0 Å². The molecule has 0 aliphatic heterocycles. The first kappa shape index (κ1) is 20.3. The molecular weight excluding hydrogens is 316 g/mol. The molecule has 2 fully saturated rings. The second-order valence-corrected chi connectivity index (χ2v) is 9.80. The zero-order valence-corrected chi connectivity index (χ0v) is 16.6. The highest BCUT2D eigenvalue weighted by Gasteiger charge is 2.59. The SMILES string of the molecule is C[C@@H](CC[C@@H]1[C@@]2(C)CCCC(C)(C)[C@H]2CC[C@@]1(C)OC=O)CC(=O)O. The maximum atomic E-state index is 11.2. The standard InChI is InChI=1S/C21H36O4/c1-15(13-18(23)24)7-8-17-20(4)11-6-10-19(2,3)16(20)9-12-21(17,5)25-14-22/h14-17H,6-13H2,1-5H3,(H,23,24)/t15-,16+,17+,20-,21+/m0/s1. The van der Waals surface area contributed by atoms with E-state index in [1.165, 1.54) is 19.3 Å². The summed E-state index contributed by atoms with van der Waals surface area (Å²) in [4.78, 5) is 22.2. The molecule has 25 heavy (non-hydrogen) atoms. The Morgan fingerprint density at radius 1 is 1.24 bits per heavy atom. The van der Waals surface area contributed by atoms with Crippen molar-refractivity contribution in [3.63, 3.8) is 0 Å². The molecule has 0 bridgehead atoms. The molecule has 0 amide bonds. The maximum absolute atomic E-state index is 11.2. The number of ether oxygens (including phenoxy) is 1. The van der Waals surface area contributed by atoms with Gasteiger partial charge in [0.05, 0.1) is 0 Å². The minimum atomic E-state index is -0.731. The van der Waals surface area contributed by atoms with Crippen molar-refractivity contribution in [2.45, 2.75) is 91.6 Å². The number of carbonyl (C=O) groups excluding carboxylic acids is 1. The number of aliphatic carboxylic acids is 1. The Balaban J connectivity index is 2.26. The van der Waals surface area contributed by atoms with E-state index in [0.29, 0.717) is 23.7 Å². The molecule has 0 saturated heterocycles. The molecule has 0 aromatic carbocycles. The lowest BCUT2D eigenvalue weighted by Gasteiger charge is -2.61. The summed E-state index contributed by atoms with van der Waals surface area (Å²) < 4.78 is 5.68. The van der Waals surface area contributed by atoms with Gasteiger partial charge in [-0.3, -0.25) is 9.59 Å². The van der Waals surface area contributed by atoms with Crippen molar-refractivity contribution >= 4 is 12.4 Å². The summed E-state index contributed by atoms with van der Waals surface area (Å²) in [6, 6.07) is 0. The van der Waals surface area contributed by atoms with Gasteiger partial charge in [-0.2, -0.15) is 0 Å². The van der Waals surface area contributed by atoms with Gasteiger partial charge in [-0.05, 0) is 68.1 Å². The van der Waals surface area contributed by atoms with Gasteiger partial charge in [0.25, 0.3) is 6.47 Å². The van der Waals surface area contributed by atoms with Crippen molar-refractivity contribution < 1.29 is 19.4 Å². The van der Waals surface area contributed by atoms with E-state index < -0.39 is 11.6 Å². The fourth-order valence-corrected chi connectivity index (χ4v) is 6.34. The van der Waals surface area contributed by atoms with E-state index in [9.17, 15) is 9.59 Å². The number of rotatable bonds is 7. The fraction of sp³-hybridized carbons (Fsp3) is 0.905. The molecule has 0 aromatic heterocycles. The first-order valence-electron chi connectivity index (χ1n) is 9.88. The molecule has 2 rings (SSSR count). The predicted octanol–water partition coefficient (Wildman–Crippen LogP) is 5.05. The van der Waals surface area contributed by atoms with E-state index >= 15 is 0 Å². The molecule has 1 N–H and O–H groups in total. The molecule has 0 aromatic rings. The quantitative estimate of drug-likeness (QED) is 0.651. The third-order valence-corrected chi connectivity index (χ3v) is 7.53. The monoisotopic (exact) mass is 352 g/mol. The summed E-state index contributed by atoms with van der Waals surface area (Å²) >= 11 is 0. The number of carbonyl (C=O) groups is 2. The third kappa shape index (κ3) is 4.03. The largest absolute Gasteiger partial charge is 0.481 e. The molecule has 4 heteroatoms. The highest BCUT2D eigenvalue weighted by molar-refractivity contribution is 5.66. The second kappa shape index (κ2) is 7.28. The van der Waals surface area contributed by atoms with Gasteiger partial charge in [0.2, 0.25) is 0 Å². The van der Waals surface area contributed by atoms with Gasteiger partial charge in [0.1, 0.15) is 5.60 Å². The lowest BCUT2D eigenvalue weighted by atomic mass is 9.45. The van der Waals surface area contributed by atoms with E-state index in [4.69, 9.17) is 9.84 Å². The Morgan fingerprint density at radius 2 is 1.92 bits per heavy atom. The Hall–Kier alpha value is -1.06. The first-order valence-corrected chi connectivity index (χ1v) is 9.88. The Bertz CT molecular complexity index is 500. The first-order chi connectivity index (χ1) is 11.5. The van der Waals surface area contributed by atoms with Gasteiger partial charge in [0, 0.05) is 12.3 Å². The van der Waals surface area contributed by atoms with Crippen molar-refractivity contribution in [2.24, 2.45) is 28.6 Å². The summed E-state index contributed by atoms with van der Waals surface area (Å²) in [5, 5.41) is 9.04. The molecular formula is C21H36O4. The van der Waals surface area contributed by atoms with Crippen LogP contribution in [0.2, 0.25) is 0 Å². The number of carboxylic acids is 1. The van der Waals surface area contributed by atoms with Gasteiger partial charge in [-0.15, -0.1) is 0 Å². The number of fused-ring (bicyclic) bond motifs is 1. The minimum absolute atomic E-state index is 0.151. The van der Waals surface area contributed by atoms with Crippen molar-refractivity contribution in [3.05, 3.63) is 0 Å². The Kier molecular flexibility index (Phi) is 5.90. The van der Waals surface area contributed by atoms with Crippen LogP contribution in [0.15, 0.2) is 0 Å². The van der Waals surface area contributed by atoms with Gasteiger partial charge in [-0.1, -0.05) is 34.1 Å². The molecule has 0 heterocycles. The number of carboxylic acid groups (broad SMARTS) is 1. The molecule has 0 unspecified atom stereocenters. The Morgan fingerprint density at radius 3 is 2.52 bits per heavy atom. The van der Waals surface area contributed by atoms with E-state index in [1.54, 1.807) is 0 Å². The minimum Gasteiger partial charge on any atom is -0.481 e. The van der Waals surface area contributed by atoms with E-state index in [1.807, 2.05) is 6.92 Å². The maximum Gasteiger partial charge on any atom is 0.303 e. The van der Waals surface area contributed by atoms with Gasteiger partial charge in [0.15, 0.2) is 0 Å². The van der Waals surface area contributed by atoms with Gasteiger partial charge >= 0.3 is 5.97 Å². The topological polar surface area (TPSA) is 63.6 Å². The molecule has 144 valence electrons. The zero-order chi connectivity index (χ0) is 18.9. The average molecular weight is 353 g/mol. The normalized spacial score (nSPS) is 38.4. The van der Waals surface area contributed by atoms with Gasteiger partial charge in [-0.25, -0.2) is 0 Å². The van der Waals surface area contributed by atoms with Crippen molar-refractivity contribution in [1.82, 2.24) is 0 Å². The third-order valence-electron chi connectivity index (χ3n) is 7.53. The van der Waals surface area contributed by atoms with Crippen LogP contribution in [-0.2, 0) is 14.3 Å². The van der Waals surface area contributed by atoms with Crippen LogP contribution in [0.5, 0.6) is 0 Å². The second-order valence-electron chi connectivity index (χ2n) is 9.80. The van der Waals surface area contributed by atoms with Crippen LogP contribution >= 0.6 is 0 Å². The van der Waals surface area contributed by atoms with Crippen molar-refractivity contribution in [3.8, 4) is 0 Å². The smallest absolute Gasteiger partial charge is 0.303 e. The lowest BCUT2D eigenvalue weighted by Crippen LogP contribution is -2.58. The van der Waals surface area contributed by atoms with Crippen LogP contribution in [0.1, 0.15) is 86.0 Å². The molecule has 0 spiro atoms. The van der Waals surface area contributed by atoms with Crippen LogP contribution in [-0.4, -0.2) is 23.1 Å². The van der Waals surface area contributed by atoms with E-state index in [0.717, 1.165) is 25.7 Å². The summed E-state index contributed by atoms with van der Waals surface area (Å²) in [5.74, 6) is 0.348. The number of hydrogen-bond acceptors (Lipinski definition) is 3. The zero-order valence-electron chi connectivity index (χ0n) is 16.6. The number of hydrogen-bond donors (Lipinski definition) is 1. The predicted molar refractivity (Wildman–Crippen MR) is 98.2 cm³/mol. The summed E-state index contributed by atoms with van der Waals surface area (Å²) in [5.41, 5.74) is 0.0461. The summed E-state index contributed by atoms with van der Waals surface area (Å²) in [7, 11) is 0. The lowest BCUT2D eigenvalue weighted by molar-refractivity contribution is -0.191.